The summed E-state index contributed by atoms with van der Waals surface area (Å²) in [5.41, 5.74) is 2.65. The molecule has 0 fully saturated rings. The van der Waals surface area contributed by atoms with Crippen molar-refractivity contribution in [3.05, 3.63) is 93.7 Å². The van der Waals surface area contributed by atoms with E-state index in [1.807, 2.05) is 37.3 Å². The zero-order valence-corrected chi connectivity index (χ0v) is 17.8. The number of hydrogen-bond donors (Lipinski definition) is 0. The lowest BCUT2D eigenvalue weighted by Gasteiger charge is -2.05. The summed E-state index contributed by atoms with van der Waals surface area (Å²) in [4.78, 5) is 17.1. The summed E-state index contributed by atoms with van der Waals surface area (Å²) in [6, 6.07) is 16.4. The van der Waals surface area contributed by atoms with Crippen molar-refractivity contribution < 1.29 is 9.00 Å². The van der Waals surface area contributed by atoms with Crippen LogP contribution >= 0.6 is 15.9 Å². The standard InChI is InChI=1S/C22H17BrN2O2S/c1-16-4-3-5-21(12-16)28(2,27)25-22(26)19-13-18(14-24-15-19)7-6-17-8-10-20(23)11-9-17/h3-5,8-15H,1-2H3. The summed E-state index contributed by atoms with van der Waals surface area (Å²) in [5.74, 6) is 5.43. The molecule has 0 spiro atoms. The fraction of sp³-hybridized carbons (Fsp3) is 0.0909. The van der Waals surface area contributed by atoms with Crippen LogP contribution in [0, 0.1) is 18.8 Å². The van der Waals surface area contributed by atoms with Gasteiger partial charge in [-0.25, -0.2) is 4.21 Å². The average Bonchev–Trinajstić information content (AvgIpc) is 2.67. The van der Waals surface area contributed by atoms with E-state index in [1.165, 1.54) is 12.5 Å². The van der Waals surface area contributed by atoms with Gasteiger partial charge in [0.05, 0.1) is 15.3 Å². The second-order valence-corrected chi connectivity index (χ2v) is 9.41. The van der Waals surface area contributed by atoms with Crippen molar-refractivity contribution in [2.75, 3.05) is 6.26 Å². The Hall–Kier alpha value is -2.75. The molecule has 1 heterocycles. The van der Waals surface area contributed by atoms with E-state index in [9.17, 15) is 9.00 Å². The minimum absolute atomic E-state index is 0.254. The number of nitrogens with zero attached hydrogens (tertiary/aromatic N) is 2. The molecular weight excluding hydrogens is 436 g/mol. The maximum absolute atomic E-state index is 12.9. The lowest BCUT2D eigenvalue weighted by atomic mass is 10.2. The second kappa shape index (κ2) is 8.51. The second-order valence-electron chi connectivity index (χ2n) is 6.23. The molecule has 0 aliphatic rings. The zero-order chi connectivity index (χ0) is 20.1. The normalized spacial score (nSPS) is 12.4. The smallest absolute Gasteiger partial charge is 0.266 e. The SMILES string of the molecule is Cc1cccc(S(C)(=O)=NC(=O)c2cncc(C#Cc3ccc(Br)cc3)c2)c1. The van der Waals surface area contributed by atoms with Crippen LogP contribution in [0.25, 0.3) is 0 Å². The van der Waals surface area contributed by atoms with E-state index >= 15 is 0 Å². The number of benzene rings is 2. The van der Waals surface area contributed by atoms with E-state index in [0.717, 1.165) is 15.6 Å². The van der Waals surface area contributed by atoms with Gasteiger partial charge in [-0.15, -0.1) is 0 Å². The predicted octanol–water partition coefficient (Wildman–Crippen LogP) is 4.85. The highest BCUT2D eigenvalue weighted by atomic mass is 79.9. The van der Waals surface area contributed by atoms with Gasteiger partial charge in [0.25, 0.3) is 5.91 Å². The molecule has 3 aromatic rings. The van der Waals surface area contributed by atoms with Crippen molar-refractivity contribution in [3.8, 4) is 11.8 Å². The summed E-state index contributed by atoms with van der Waals surface area (Å²) in [5, 5.41) is 0. The highest BCUT2D eigenvalue weighted by Crippen LogP contribution is 2.15. The summed E-state index contributed by atoms with van der Waals surface area (Å²) in [6.45, 7) is 1.90. The van der Waals surface area contributed by atoms with Crippen molar-refractivity contribution in [1.29, 1.82) is 0 Å². The van der Waals surface area contributed by atoms with Crippen LogP contribution in [0.4, 0.5) is 0 Å². The van der Waals surface area contributed by atoms with E-state index in [4.69, 9.17) is 0 Å². The van der Waals surface area contributed by atoms with Crippen LogP contribution in [-0.2, 0) is 9.73 Å². The largest absolute Gasteiger partial charge is 0.286 e. The Morgan fingerprint density at radius 2 is 1.75 bits per heavy atom. The first kappa shape index (κ1) is 20.0. The molecule has 0 bridgehead atoms. The molecule has 3 rings (SSSR count). The molecule has 0 N–H and O–H groups in total. The summed E-state index contributed by atoms with van der Waals surface area (Å²) >= 11 is 3.38. The van der Waals surface area contributed by atoms with E-state index in [1.54, 1.807) is 30.5 Å². The van der Waals surface area contributed by atoms with Crippen molar-refractivity contribution >= 4 is 31.6 Å². The third-order valence-corrected chi connectivity index (χ3v) is 6.04. The molecule has 1 amide bonds. The molecule has 1 atom stereocenters. The van der Waals surface area contributed by atoms with Crippen LogP contribution in [0.3, 0.4) is 0 Å². The van der Waals surface area contributed by atoms with Crippen molar-refractivity contribution in [1.82, 2.24) is 4.98 Å². The van der Waals surface area contributed by atoms with E-state index in [0.29, 0.717) is 10.5 Å². The van der Waals surface area contributed by atoms with Crippen LogP contribution in [0.2, 0.25) is 0 Å². The van der Waals surface area contributed by atoms with Gasteiger partial charge in [-0.1, -0.05) is 39.9 Å². The number of aryl methyl sites for hydroxylation is 1. The molecule has 0 radical (unpaired) electrons. The third-order valence-electron chi connectivity index (χ3n) is 3.86. The molecule has 0 saturated heterocycles. The van der Waals surface area contributed by atoms with Gasteiger partial charge in [-0.05, 0) is 55.0 Å². The minimum atomic E-state index is -2.85. The predicted molar refractivity (Wildman–Crippen MR) is 115 cm³/mol. The fourth-order valence-corrected chi connectivity index (χ4v) is 3.94. The highest BCUT2D eigenvalue weighted by Gasteiger charge is 2.12. The Morgan fingerprint density at radius 3 is 2.46 bits per heavy atom. The Morgan fingerprint density at radius 1 is 1.04 bits per heavy atom. The van der Waals surface area contributed by atoms with Crippen LogP contribution in [0.1, 0.15) is 27.0 Å². The van der Waals surface area contributed by atoms with Gasteiger partial charge in [0.1, 0.15) is 0 Å². The molecule has 0 aliphatic heterocycles. The van der Waals surface area contributed by atoms with Gasteiger partial charge in [-0.2, -0.15) is 4.36 Å². The molecule has 6 heteroatoms. The number of pyridine rings is 1. The summed E-state index contributed by atoms with van der Waals surface area (Å²) < 4.78 is 17.8. The first-order valence-corrected chi connectivity index (χ1v) is 11.1. The molecule has 1 unspecified atom stereocenters. The Balaban J connectivity index is 1.88. The lowest BCUT2D eigenvalue weighted by Crippen LogP contribution is -2.04. The molecule has 1 aromatic heterocycles. The molecule has 140 valence electrons. The Bertz CT molecular complexity index is 1220. The number of rotatable bonds is 2. The molecule has 4 nitrogen and oxygen atoms in total. The maximum Gasteiger partial charge on any atom is 0.286 e. The van der Waals surface area contributed by atoms with Crippen LogP contribution < -0.4 is 0 Å². The van der Waals surface area contributed by atoms with E-state index in [2.05, 4.69) is 37.1 Å². The first-order chi connectivity index (χ1) is 13.3. The highest BCUT2D eigenvalue weighted by molar-refractivity contribution is 9.10. The van der Waals surface area contributed by atoms with Crippen molar-refractivity contribution in [3.63, 3.8) is 0 Å². The first-order valence-electron chi connectivity index (χ1n) is 8.39. The molecule has 28 heavy (non-hydrogen) atoms. The maximum atomic E-state index is 12.9. The zero-order valence-electron chi connectivity index (χ0n) is 15.3. The lowest BCUT2D eigenvalue weighted by molar-refractivity contribution is 0.100. The monoisotopic (exact) mass is 452 g/mol. The van der Waals surface area contributed by atoms with Gasteiger partial charge in [0.2, 0.25) is 0 Å². The van der Waals surface area contributed by atoms with Gasteiger partial charge in [-0.3, -0.25) is 9.78 Å². The number of halogens is 1. The van der Waals surface area contributed by atoms with Crippen molar-refractivity contribution in [2.24, 2.45) is 4.36 Å². The van der Waals surface area contributed by atoms with E-state index in [-0.39, 0.29) is 5.56 Å². The van der Waals surface area contributed by atoms with Crippen molar-refractivity contribution in [2.45, 2.75) is 11.8 Å². The number of carbonyl (C=O) groups is 1. The topological polar surface area (TPSA) is 59.4 Å². The molecule has 0 saturated carbocycles. The summed E-state index contributed by atoms with van der Waals surface area (Å²) in [7, 11) is -2.85. The third kappa shape index (κ3) is 5.16. The number of carbonyl (C=O) groups excluding carboxylic acids is 1. The van der Waals surface area contributed by atoms with Gasteiger partial charge in [0.15, 0.2) is 0 Å². The number of hydrogen-bond acceptors (Lipinski definition) is 3. The number of amides is 1. The Kier molecular flexibility index (Phi) is 6.08. The quantitative estimate of drug-likeness (QED) is 0.522. The van der Waals surface area contributed by atoms with Crippen LogP contribution in [-0.4, -0.2) is 21.4 Å². The van der Waals surface area contributed by atoms with Crippen LogP contribution in [0.15, 0.2) is 80.7 Å². The average molecular weight is 453 g/mol. The van der Waals surface area contributed by atoms with Gasteiger partial charge in [0, 0.05) is 39.1 Å². The summed E-state index contributed by atoms with van der Waals surface area (Å²) in [6.07, 6.45) is 4.44. The number of aromatic nitrogens is 1. The molecular formula is C22H17BrN2O2S. The van der Waals surface area contributed by atoms with Crippen LogP contribution in [0.5, 0.6) is 0 Å². The Labute approximate surface area is 173 Å². The van der Waals surface area contributed by atoms with Gasteiger partial charge < -0.3 is 0 Å². The fourth-order valence-electron chi connectivity index (χ4n) is 2.42. The van der Waals surface area contributed by atoms with Gasteiger partial charge >= 0.3 is 0 Å². The minimum Gasteiger partial charge on any atom is -0.266 e. The molecule has 0 aliphatic carbocycles. The molecule has 2 aromatic carbocycles. The van der Waals surface area contributed by atoms with E-state index < -0.39 is 15.6 Å².